The van der Waals surface area contributed by atoms with E-state index in [-0.39, 0.29) is 23.5 Å². The molecule has 1 saturated carbocycles. The average molecular weight is 271 g/mol. The van der Waals surface area contributed by atoms with Crippen molar-refractivity contribution < 1.29 is 8.78 Å². The molecule has 3 rings (SSSR count). The summed E-state index contributed by atoms with van der Waals surface area (Å²) < 4.78 is 28.1. The first-order chi connectivity index (χ1) is 9.77. The van der Waals surface area contributed by atoms with Crippen molar-refractivity contribution in [2.75, 3.05) is 0 Å². The largest absolute Gasteiger partial charge is 0.207 e. The topological polar surface area (TPSA) is 0 Å². The summed E-state index contributed by atoms with van der Waals surface area (Å²) in [6, 6.07) is 13.7. The van der Waals surface area contributed by atoms with Gasteiger partial charge in [0.2, 0.25) is 0 Å². The third-order valence-corrected chi connectivity index (χ3v) is 4.14. The van der Waals surface area contributed by atoms with E-state index in [1.54, 1.807) is 12.1 Å². The summed E-state index contributed by atoms with van der Waals surface area (Å²) in [4.78, 5) is 0. The maximum absolute atomic E-state index is 14.1. The molecule has 1 fully saturated rings. The van der Waals surface area contributed by atoms with E-state index in [2.05, 4.69) is 6.42 Å². The number of hydrogen-bond acceptors (Lipinski definition) is 0. The second kappa shape index (κ2) is 5.74. The van der Waals surface area contributed by atoms with Crippen LogP contribution < -0.4 is 0 Å². The van der Waals surface area contributed by atoms with Crippen LogP contribution in [0.4, 0.5) is 8.78 Å². The van der Waals surface area contributed by atoms with Crippen LogP contribution in [0.1, 0.15) is 42.2 Å². The van der Waals surface area contributed by atoms with Gasteiger partial charge in [0.25, 0.3) is 0 Å². The molecule has 2 unspecified atom stereocenters. The fourth-order valence-corrected chi connectivity index (χ4v) is 3.19. The van der Waals surface area contributed by atoms with Crippen molar-refractivity contribution >= 4 is 0 Å². The van der Waals surface area contributed by atoms with Crippen LogP contribution in [0.25, 0.3) is 0 Å². The summed E-state index contributed by atoms with van der Waals surface area (Å²) in [5, 5.41) is 0. The third-order valence-electron chi connectivity index (χ3n) is 4.14. The minimum Gasteiger partial charge on any atom is -0.207 e. The van der Waals surface area contributed by atoms with E-state index in [1.165, 1.54) is 12.1 Å². The van der Waals surface area contributed by atoms with Crippen LogP contribution in [0.15, 0.2) is 48.5 Å². The van der Waals surface area contributed by atoms with Gasteiger partial charge in [-0.15, -0.1) is 0 Å². The van der Waals surface area contributed by atoms with Gasteiger partial charge < -0.3 is 0 Å². The van der Waals surface area contributed by atoms with Gasteiger partial charge in [-0.25, -0.2) is 8.78 Å². The summed E-state index contributed by atoms with van der Waals surface area (Å²) in [5.41, 5.74) is 1.39. The minimum absolute atomic E-state index is 0.0295. The molecule has 0 saturated heterocycles. The van der Waals surface area contributed by atoms with Gasteiger partial charge in [-0.1, -0.05) is 42.8 Å². The lowest BCUT2D eigenvalue weighted by Crippen LogP contribution is -2.18. The van der Waals surface area contributed by atoms with Crippen LogP contribution in [0.3, 0.4) is 0 Å². The molecule has 1 radical (unpaired) electrons. The zero-order valence-corrected chi connectivity index (χ0v) is 11.2. The lowest BCUT2D eigenvalue weighted by molar-refractivity contribution is 0.432. The van der Waals surface area contributed by atoms with Gasteiger partial charge >= 0.3 is 0 Å². The van der Waals surface area contributed by atoms with Crippen molar-refractivity contribution in [2.24, 2.45) is 0 Å². The molecule has 0 N–H and O–H groups in total. The van der Waals surface area contributed by atoms with Gasteiger partial charge in [0, 0.05) is 0 Å². The normalized spacial score (nSPS) is 22.7. The zero-order valence-electron chi connectivity index (χ0n) is 11.2. The molecule has 2 atom stereocenters. The first-order valence-corrected chi connectivity index (χ1v) is 7.09. The zero-order chi connectivity index (χ0) is 13.9. The smallest absolute Gasteiger partial charge is 0.126 e. The second-order valence-corrected chi connectivity index (χ2v) is 5.34. The van der Waals surface area contributed by atoms with Crippen molar-refractivity contribution in [3.63, 3.8) is 0 Å². The van der Waals surface area contributed by atoms with Crippen molar-refractivity contribution in [3.8, 4) is 0 Å². The predicted molar refractivity (Wildman–Crippen MR) is 76.4 cm³/mol. The molecule has 1 aliphatic rings. The van der Waals surface area contributed by atoms with E-state index in [0.717, 1.165) is 19.3 Å². The van der Waals surface area contributed by atoms with Gasteiger partial charge in [-0.05, 0) is 54.4 Å². The Hall–Kier alpha value is -1.70. The minimum atomic E-state index is -0.197. The maximum Gasteiger partial charge on any atom is 0.126 e. The van der Waals surface area contributed by atoms with Crippen molar-refractivity contribution in [1.82, 2.24) is 0 Å². The summed E-state index contributed by atoms with van der Waals surface area (Å²) in [6.45, 7) is 0. The quantitative estimate of drug-likeness (QED) is 0.702. The van der Waals surface area contributed by atoms with Gasteiger partial charge in [0.15, 0.2) is 0 Å². The predicted octanol–water partition coefficient (Wildman–Crippen LogP) is 5.22. The molecule has 2 aromatic carbocycles. The van der Waals surface area contributed by atoms with Crippen molar-refractivity contribution in [2.45, 2.75) is 31.1 Å². The Labute approximate surface area is 118 Å². The highest BCUT2D eigenvalue weighted by molar-refractivity contribution is 5.33. The highest BCUT2D eigenvalue weighted by Crippen LogP contribution is 2.44. The lowest BCUT2D eigenvalue weighted by Gasteiger charge is -2.32. The van der Waals surface area contributed by atoms with Gasteiger partial charge in [0.1, 0.15) is 11.6 Å². The van der Waals surface area contributed by atoms with Gasteiger partial charge in [-0.2, -0.15) is 0 Å². The maximum atomic E-state index is 14.1. The monoisotopic (exact) mass is 271 g/mol. The molecule has 103 valence electrons. The molecule has 0 aliphatic heterocycles. The van der Waals surface area contributed by atoms with Gasteiger partial charge in [0.05, 0.1) is 0 Å². The highest BCUT2D eigenvalue weighted by atomic mass is 19.1. The van der Waals surface area contributed by atoms with Crippen LogP contribution in [0, 0.1) is 18.1 Å². The Morgan fingerprint density at radius 2 is 1.40 bits per heavy atom. The summed E-state index contributed by atoms with van der Waals surface area (Å²) in [6.07, 6.45) is 5.03. The van der Waals surface area contributed by atoms with Crippen LogP contribution in [0.2, 0.25) is 0 Å². The molecule has 1 aliphatic carbocycles. The number of rotatable bonds is 2. The summed E-state index contributed by atoms with van der Waals surface area (Å²) in [5.74, 6) is -0.394. The first kappa shape index (κ1) is 13.3. The molecule has 0 heterocycles. The van der Waals surface area contributed by atoms with E-state index in [9.17, 15) is 8.78 Å². The van der Waals surface area contributed by atoms with Crippen LogP contribution in [-0.2, 0) is 0 Å². The Morgan fingerprint density at radius 1 is 0.800 bits per heavy atom. The van der Waals surface area contributed by atoms with Crippen molar-refractivity contribution in [3.05, 3.63) is 77.7 Å². The molecular formula is C18H17F2. The van der Waals surface area contributed by atoms with E-state index < -0.39 is 0 Å². The van der Waals surface area contributed by atoms with Gasteiger partial charge in [-0.3, -0.25) is 0 Å². The molecule has 0 spiro atoms. The Kier molecular flexibility index (Phi) is 3.81. The first-order valence-electron chi connectivity index (χ1n) is 7.09. The van der Waals surface area contributed by atoms with E-state index in [0.29, 0.717) is 11.1 Å². The molecule has 0 bridgehead atoms. The molecular weight excluding hydrogens is 254 g/mol. The number of halogens is 2. The van der Waals surface area contributed by atoms with Crippen molar-refractivity contribution in [1.29, 1.82) is 0 Å². The molecule has 20 heavy (non-hydrogen) atoms. The second-order valence-electron chi connectivity index (χ2n) is 5.34. The van der Waals surface area contributed by atoms with E-state index >= 15 is 0 Å². The molecule has 0 amide bonds. The summed E-state index contributed by atoms with van der Waals surface area (Å²) in [7, 11) is 0. The fourth-order valence-electron chi connectivity index (χ4n) is 3.19. The Balaban J connectivity index is 2.00. The fraction of sp³-hybridized carbons (Fsp3) is 0.278. The Morgan fingerprint density at radius 3 is 2.05 bits per heavy atom. The summed E-state index contributed by atoms with van der Waals surface area (Å²) >= 11 is 0. The highest BCUT2D eigenvalue weighted by Gasteiger charge is 2.31. The molecule has 0 nitrogen and oxygen atoms in total. The number of hydrogen-bond donors (Lipinski definition) is 0. The van der Waals surface area contributed by atoms with Crippen LogP contribution >= 0.6 is 0 Å². The van der Waals surface area contributed by atoms with E-state index in [1.807, 2.05) is 24.3 Å². The molecule has 2 aromatic rings. The SMILES string of the molecule is Fc1ccccc1C1[CH]CCCC1c1ccccc1F. The Bertz CT molecular complexity index is 538. The molecule has 2 heteroatoms. The lowest BCUT2D eigenvalue weighted by atomic mass is 9.72. The molecule has 0 aromatic heterocycles. The standard InChI is InChI=1S/C18H17F2/c19-17-11-5-3-9-15(17)13-7-1-2-8-14(13)16-10-4-6-12-18(16)20/h3-7,9-14H,1-2,8H2. The number of benzene rings is 2. The van der Waals surface area contributed by atoms with E-state index in [4.69, 9.17) is 0 Å². The average Bonchev–Trinajstić information content (AvgIpc) is 2.48. The van der Waals surface area contributed by atoms with Crippen LogP contribution in [-0.4, -0.2) is 0 Å². The third kappa shape index (κ3) is 2.47. The van der Waals surface area contributed by atoms with Crippen LogP contribution in [0.5, 0.6) is 0 Å².